The van der Waals surface area contributed by atoms with E-state index >= 15 is 0 Å². The van der Waals surface area contributed by atoms with Crippen molar-refractivity contribution in [2.24, 2.45) is 5.41 Å². The van der Waals surface area contributed by atoms with Crippen molar-refractivity contribution in [3.05, 3.63) is 23.3 Å². The van der Waals surface area contributed by atoms with Gasteiger partial charge in [-0.15, -0.1) is 0 Å². The topological polar surface area (TPSA) is 0 Å². The lowest BCUT2D eigenvalue weighted by molar-refractivity contribution is 0.376. The molecule has 0 heteroatoms. The van der Waals surface area contributed by atoms with Crippen LogP contribution in [0.15, 0.2) is 23.3 Å². The van der Waals surface area contributed by atoms with Crippen LogP contribution in [0, 0.1) is 5.41 Å². The predicted molar refractivity (Wildman–Crippen MR) is 66.5 cm³/mol. The summed E-state index contributed by atoms with van der Waals surface area (Å²) < 4.78 is 0. The summed E-state index contributed by atoms with van der Waals surface area (Å²) in [5.74, 6) is 0. The van der Waals surface area contributed by atoms with Crippen LogP contribution in [0.2, 0.25) is 0 Å². The van der Waals surface area contributed by atoms with Gasteiger partial charge in [-0.25, -0.2) is 0 Å². The Labute approximate surface area is 90.1 Å². The van der Waals surface area contributed by atoms with E-state index in [0.29, 0.717) is 5.41 Å². The van der Waals surface area contributed by atoms with Crippen LogP contribution < -0.4 is 0 Å². The average molecular weight is 194 g/mol. The normalized spacial score (nSPS) is 20.7. The highest BCUT2D eigenvalue weighted by Gasteiger charge is 2.26. The van der Waals surface area contributed by atoms with Crippen molar-refractivity contribution >= 4 is 0 Å². The summed E-state index contributed by atoms with van der Waals surface area (Å²) in [7, 11) is 0. The van der Waals surface area contributed by atoms with Crippen LogP contribution in [0.3, 0.4) is 0 Å². The molecule has 0 aromatic carbocycles. The number of hydrogen-bond donors (Lipinski definition) is 0. The molecule has 0 N–H and O–H groups in total. The molecule has 0 nitrogen and oxygen atoms in total. The molecule has 82 valence electrons. The molecule has 0 saturated carbocycles. The molecule has 1 aliphatic carbocycles. The van der Waals surface area contributed by atoms with Gasteiger partial charge in [0.2, 0.25) is 0 Å². The van der Waals surface area contributed by atoms with Crippen LogP contribution in [-0.4, -0.2) is 0 Å². The van der Waals surface area contributed by atoms with Crippen molar-refractivity contribution in [2.45, 2.75) is 60.8 Å². The van der Waals surface area contributed by atoms with E-state index in [4.69, 9.17) is 0 Å². The van der Waals surface area contributed by atoms with E-state index in [1.807, 2.05) is 13.8 Å². The molecular weight excluding hydrogens is 168 g/mol. The molecule has 14 heavy (non-hydrogen) atoms. The number of rotatable bonds is 1. The fraction of sp³-hybridized carbons (Fsp3) is 0.714. The van der Waals surface area contributed by atoms with E-state index in [1.54, 1.807) is 11.1 Å². The number of allylic oxidation sites excluding steroid dienone is 4. The molecule has 0 aromatic rings. The zero-order valence-electron chi connectivity index (χ0n) is 10.8. The first-order valence-electron chi connectivity index (χ1n) is 5.91. The Bertz CT molecular complexity index is 216. The third-order valence-electron chi connectivity index (χ3n) is 2.88. The van der Waals surface area contributed by atoms with Crippen molar-refractivity contribution in [2.75, 3.05) is 0 Å². The van der Waals surface area contributed by atoms with E-state index in [9.17, 15) is 0 Å². The highest BCUT2D eigenvalue weighted by atomic mass is 14.3. The minimum Gasteiger partial charge on any atom is -0.0874 e. The van der Waals surface area contributed by atoms with Gasteiger partial charge in [-0.2, -0.15) is 0 Å². The second-order valence-electron chi connectivity index (χ2n) is 4.43. The molecule has 0 aromatic heterocycles. The standard InChI is InChI=1S/C12H20.C2H6/c1-5-7-11-10(2)8-6-9-12(11,3)4;1-2/h5,7H,6,8-9H2,1-4H3;1-2H3/b7-5+;. The van der Waals surface area contributed by atoms with Crippen LogP contribution in [-0.2, 0) is 0 Å². The summed E-state index contributed by atoms with van der Waals surface area (Å²) in [5, 5.41) is 0. The third kappa shape index (κ3) is 3.32. The molecule has 0 saturated heterocycles. The van der Waals surface area contributed by atoms with Gasteiger partial charge in [-0.1, -0.05) is 45.4 Å². The summed E-state index contributed by atoms with van der Waals surface area (Å²) in [4.78, 5) is 0. The van der Waals surface area contributed by atoms with Crippen LogP contribution in [0.1, 0.15) is 60.8 Å². The lowest BCUT2D eigenvalue weighted by Crippen LogP contribution is -2.18. The Hall–Kier alpha value is -0.520. The van der Waals surface area contributed by atoms with Crippen molar-refractivity contribution in [3.8, 4) is 0 Å². The minimum atomic E-state index is 0.412. The first kappa shape index (κ1) is 13.5. The molecule has 0 amide bonds. The average Bonchev–Trinajstić information content (AvgIpc) is 2.15. The monoisotopic (exact) mass is 194 g/mol. The highest BCUT2D eigenvalue weighted by Crippen LogP contribution is 2.40. The predicted octanol–water partition coefficient (Wildman–Crippen LogP) is 5.12. The van der Waals surface area contributed by atoms with Crippen LogP contribution in [0.5, 0.6) is 0 Å². The maximum atomic E-state index is 2.35. The molecule has 0 fully saturated rings. The van der Waals surface area contributed by atoms with Crippen molar-refractivity contribution in [1.82, 2.24) is 0 Å². The zero-order chi connectivity index (χ0) is 11.2. The van der Waals surface area contributed by atoms with E-state index < -0.39 is 0 Å². The molecule has 0 unspecified atom stereocenters. The van der Waals surface area contributed by atoms with Gasteiger partial charge in [0.15, 0.2) is 0 Å². The fourth-order valence-corrected chi connectivity index (χ4v) is 2.18. The van der Waals surface area contributed by atoms with Crippen LogP contribution >= 0.6 is 0 Å². The quantitative estimate of drug-likeness (QED) is 0.544. The lowest BCUT2D eigenvalue weighted by atomic mass is 9.73. The number of hydrogen-bond acceptors (Lipinski definition) is 0. The summed E-state index contributed by atoms with van der Waals surface area (Å²) in [6.45, 7) is 13.1. The summed E-state index contributed by atoms with van der Waals surface area (Å²) in [6, 6.07) is 0. The van der Waals surface area contributed by atoms with Gasteiger partial charge in [0.05, 0.1) is 0 Å². The highest BCUT2D eigenvalue weighted by molar-refractivity contribution is 5.32. The largest absolute Gasteiger partial charge is 0.0874 e. The first-order valence-corrected chi connectivity index (χ1v) is 5.91. The van der Waals surface area contributed by atoms with Crippen LogP contribution in [0.25, 0.3) is 0 Å². The SMILES string of the molecule is C/C=C/C1=C(C)CCCC1(C)C.CC. The molecular formula is C14H26. The van der Waals surface area contributed by atoms with E-state index in [2.05, 4.69) is 39.8 Å². The maximum Gasteiger partial charge on any atom is -0.0104 e. The van der Waals surface area contributed by atoms with Gasteiger partial charge in [0.1, 0.15) is 0 Å². The Morgan fingerprint density at radius 1 is 1.21 bits per heavy atom. The van der Waals surface area contributed by atoms with E-state index in [0.717, 1.165) is 0 Å². The zero-order valence-corrected chi connectivity index (χ0v) is 10.8. The smallest absolute Gasteiger partial charge is 0.0104 e. The molecule has 0 atom stereocenters. The van der Waals surface area contributed by atoms with Gasteiger partial charge in [-0.3, -0.25) is 0 Å². The second-order valence-corrected chi connectivity index (χ2v) is 4.43. The molecule has 0 radical (unpaired) electrons. The van der Waals surface area contributed by atoms with Gasteiger partial charge in [0, 0.05) is 0 Å². The Morgan fingerprint density at radius 2 is 1.79 bits per heavy atom. The lowest BCUT2D eigenvalue weighted by Gasteiger charge is -2.32. The van der Waals surface area contributed by atoms with Crippen LogP contribution in [0.4, 0.5) is 0 Å². The van der Waals surface area contributed by atoms with Gasteiger partial charge in [-0.05, 0) is 44.1 Å². The third-order valence-corrected chi connectivity index (χ3v) is 2.88. The Balaban J connectivity index is 0.000000791. The first-order chi connectivity index (χ1) is 6.58. The molecule has 0 heterocycles. The molecule has 1 rings (SSSR count). The molecule has 0 aliphatic heterocycles. The molecule has 1 aliphatic rings. The van der Waals surface area contributed by atoms with Gasteiger partial charge >= 0.3 is 0 Å². The summed E-state index contributed by atoms with van der Waals surface area (Å²) in [6.07, 6.45) is 8.44. The fourth-order valence-electron chi connectivity index (χ4n) is 2.18. The maximum absolute atomic E-state index is 2.35. The van der Waals surface area contributed by atoms with Crippen molar-refractivity contribution in [1.29, 1.82) is 0 Å². The Kier molecular flexibility index (Phi) is 5.83. The van der Waals surface area contributed by atoms with Gasteiger partial charge < -0.3 is 0 Å². The van der Waals surface area contributed by atoms with Crippen molar-refractivity contribution < 1.29 is 0 Å². The van der Waals surface area contributed by atoms with Gasteiger partial charge in [0.25, 0.3) is 0 Å². The minimum absolute atomic E-state index is 0.412. The second kappa shape index (κ2) is 6.06. The van der Waals surface area contributed by atoms with E-state index in [-0.39, 0.29) is 0 Å². The van der Waals surface area contributed by atoms with E-state index in [1.165, 1.54) is 19.3 Å². The summed E-state index contributed by atoms with van der Waals surface area (Å²) in [5.41, 5.74) is 3.56. The Morgan fingerprint density at radius 3 is 2.21 bits per heavy atom. The molecule has 0 spiro atoms. The molecule has 0 bridgehead atoms. The van der Waals surface area contributed by atoms with Crippen molar-refractivity contribution in [3.63, 3.8) is 0 Å². The summed E-state index contributed by atoms with van der Waals surface area (Å²) >= 11 is 0.